The Morgan fingerprint density at radius 1 is 0.929 bits per heavy atom. The Hall–Kier alpha value is -2.40. The number of aromatic nitrogens is 1. The van der Waals surface area contributed by atoms with E-state index in [1.165, 1.54) is 27.3 Å². The van der Waals surface area contributed by atoms with Gasteiger partial charge in [0.25, 0.3) is 5.91 Å². The average Bonchev–Trinajstić information content (AvgIpc) is 2.70. The van der Waals surface area contributed by atoms with Crippen molar-refractivity contribution in [1.29, 1.82) is 0 Å². The molecule has 0 spiro atoms. The van der Waals surface area contributed by atoms with Crippen molar-refractivity contribution in [1.82, 2.24) is 15.6 Å². The van der Waals surface area contributed by atoms with E-state index in [9.17, 15) is 4.79 Å². The molecule has 4 nitrogen and oxygen atoms in total. The highest BCUT2D eigenvalue weighted by molar-refractivity contribution is 6.68. The van der Waals surface area contributed by atoms with Gasteiger partial charge in [0.2, 0.25) is 0 Å². The second-order valence-electron chi connectivity index (χ2n) is 7.43. The molecular weight excluding hydrogens is 340 g/mol. The summed E-state index contributed by atoms with van der Waals surface area (Å²) in [6, 6.07) is 9.80. The highest BCUT2D eigenvalue weighted by Crippen LogP contribution is 2.22. The van der Waals surface area contributed by atoms with E-state index in [0.717, 1.165) is 28.7 Å². The van der Waals surface area contributed by atoms with E-state index in [0.29, 0.717) is 12.1 Å². The monoisotopic (exact) mass is 365 g/mol. The van der Waals surface area contributed by atoms with Gasteiger partial charge in [-0.3, -0.25) is 4.79 Å². The van der Waals surface area contributed by atoms with E-state index in [1.807, 2.05) is 37.4 Å². The Labute approximate surface area is 171 Å². The van der Waals surface area contributed by atoms with E-state index < -0.39 is 0 Å². The van der Waals surface area contributed by atoms with Gasteiger partial charge >= 0.3 is 0 Å². The van der Waals surface area contributed by atoms with Crippen LogP contribution in [0.2, 0.25) is 0 Å². The largest absolute Gasteiger partial charge is 0.351 e. The molecular formula is C19H24B5N3O. The topological polar surface area (TPSA) is 54.0 Å². The van der Waals surface area contributed by atoms with Crippen molar-refractivity contribution in [3.8, 4) is 11.3 Å². The van der Waals surface area contributed by atoms with Crippen LogP contribution in [0.4, 0.5) is 0 Å². The fourth-order valence-corrected chi connectivity index (χ4v) is 3.77. The molecule has 3 aromatic rings. The first-order chi connectivity index (χ1) is 13.4. The molecule has 2 N–H and O–H groups in total. The first kappa shape index (κ1) is 20.3. The molecule has 9 heteroatoms. The van der Waals surface area contributed by atoms with Crippen LogP contribution in [-0.4, -0.2) is 70.3 Å². The molecule has 28 heavy (non-hydrogen) atoms. The number of nitrogens with one attached hydrogen (secondary N) is 2. The van der Waals surface area contributed by atoms with Gasteiger partial charge in [0.15, 0.2) is 0 Å². The van der Waals surface area contributed by atoms with E-state index in [4.69, 9.17) is 4.98 Å². The molecule has 0 fully saturated rings. The number of nitrogens with zero attached hydrogens (tertiary/aromatic N) is 1. The second kappa shape index (κ2) is 8.31. The predicted molar refractivity (Wildman–Crippen MR) is 134 cm³/mol. The van der Waals surface area contributed by atoms with Crippen LogP contribution in [0.5, 0.6) is 0 Å². The molecule has 2 aromatic carbocycles. The van der Waals surface area contributed by atoms with Crippen molar-refractivity contribution in [3.05, 3.63) is 35.9 Å². The normalized spacial score (nSPS) is 10.9. The van der Waals surface area contributed by atoms with Crippen LogP contribution in [0.3, 0.4) is 0 Å². The van der Waals surface area contributed by atoms with E-state index in [1.54, 1.807) is 0 Å². The molecule has 0 aliphatic carbocycles. The molecule has 1 amide bonds. The molecule has 1 aromatic heterocycles. The van der Waals surface area contributed by atoms with Crippen molar-refractivity contribution < 1.29 is 4.79 Å². The van der Waals surface area contributed by atoms with Crippen molar-refractivity contribution in [2.45, 2.75) is 0 Å². The molecule has 0 saturated carbocycles. The Balaban J connectivity index is 2.23. The molecule has 0 aliphatic rings. The molecule has 0 saturated heterocycles. The number of fused-ring (bicyclic) bond motifs is 1. The van der Waals surface area contributed by atoms with Gasteiger partial charge in [0.1, 0.15) is 39.2 Å². The third kappa shape index (κ3) is 3.63. The van der Waals surface area contributed by atoms with Crippen molar-refractivity contribution in [2.24, 2.45) is 0 Å². The van der Waals surface area contributed by atoms with Crippen LogP contribution in [0.15, 0.2) is 30.3 Å². The lowest BCUT2D eigenvalue weighted by molar-refractivity contribution is 0.0956. The Morgan fingerprint density at radius 3 is 2.18 bits per heavy atom. The van der Waals surface area contributed by atoms with Gasteiger partial charge in [0.05, 0.1) is 16.8 Å². The zero-order chi connectivity index (χ0) is 20.4. The van der Waals surface area contributed by atoms with Gasteiger partial charge < -0.3 is 10.6 Å². The summed E-state index contributed by atoms with van der Waals surface area (Å²) in [5.74, 6) is -0.0639. The van der Waals surface area contributed by atoms with Gasteiger partial charge in [0, 0.05) is 18.5 Å². The van der Waals surface area contributed by atoms with Gasteiger partial charge in [-0.2, -0.15) is 0 Å². The number of benzene rings is 2. The number of pyridine rings is 1. The zero-order valence-corrected chi connectivity index (χ0v) is 17.7. The summed E-state index contributed by atoms with van der Waals surface area (Å²) in [6.45, 7) is 1.32. The Bertz CT molecular complexity index is 1040. The van der Waals surface area contributed by atoms with Crippen LogP contribution < -0.4 is 37.9 Å². The van der Waals surface area contributed by atoms with Crippen molar-refractivity contribution >= 4 is 83.4 Å². The molecule has 0 aliphatic heterocycles. The molecule has 3 rings (SSSR count). The molecule has 0 radical (unpaired) electrons. The first-order valence-corrected chi connectivity index (χ1v) is 9.76. The van der Waals surface area contributed by atoms with Crippen molar-refractivity contribution in [2.75, 3.05) is 20.1 Å². The summed E-state index contributed by atoms with van der Waals surface area (Å²) in [7, 11) is 12.7. The van der Waals surface area contributed by atoms with Crippen LogP contribution in [0.25, 0.3) is 22.2 Å². The Morgan fingerprint density at radius 2 is 1.54 bits per heavy atom. The summed E-state index contributed by atoms with van der Waals surface area (Å²) in [4.78, 5) is 17.8. The summed E-state index contributed by atoms with van der Waals surface area (Å²) in [6.07, 6.45) is 0. The van der Waals surface area contributed by atoms with Gasteiger partial charge in [-0.15, -0.1) is 16.4 Å². The minimum Gasteiger partial charge on any atom is -0.351 e. The number of hydrogen-bond acceptors (Lipinski definition) is 3. The fraction of sp³-hybridized carbons (Fsp3) is 0.158. The number of carbonyl (C=O) groups is 1. The van der Waals surface area contributed by atoms with Gasteiger partial charge in [-0.25, -0.2) is 4.98 Å². The highest BCUT2D eigenvalue weighted by atomic mass is 16.1. The minimum absolute atomic E-state index is 0.0639. The quantitative estimate of drug-likeness (QED) is 0.350. The smallest absolute Gasteiger partial charge is 0.252 e. The predicted octanol–water partition coefficient (Wildman–Crippen LogP) is -5.86. The zero-order valence-electron chi connectivity index (χ0n) is 17.7. The average molecular weight is 364 g/mol. The minimum atomic E-state index is -0.0639. The number of para-hydroxylation sites is 1. The lowest BCUT2D eigenvalue weighted by atomic mass is 9.60. The third-order valence-corrected chi connectivity index (χ3v) is 5.88. The van der Waals surface area contributed by atoms with Gasteiger partial charge in [-0.1, -0.05) is 29.1 Å². The second-order valence-corrected chi connectivity index (χ2v) is 7.43. The summed E-state index contributed by atoms with van der Waals surface area (Å²) < 4.78 is 0. The summed E-state index contributed by atoms with van der Waals surface area (Å²) >= 11 is 0. The number of hydrogen-bond donors (Lipinski definition) is 2. The molecule has 136 valence electrons. The fourth-order valence-electron chi connectivity index (χ4n) is 3.77. The maximum absolute atomic E-state index is 12.9. The van der Waals surface area contributed by atoms with Crippen LogP contribution in [0, 0.1) is 0 Å². The number of amides is 1. The molecule has 0 bridgehead atoms. The third-order valence-electron chi connectivity index (χ3n) is 5.88. The van der Waals surface area contributed by atoms with E-state index in [2.05, 4.69) is 49.9 Å². The number of carbonyl (C=O) groups excluding carboxylic acids is 1. The summed E-state index contributed by atoms with van der Waals surface area (Å²) in [5.41, 5.74) is 9.86. The van der Waals surface area contributed by atoms with Crippen LogP contribution >= 0.6 is 0 Å². The maximum atomic E-state index is 12.9. The SMILES string of the molecule is Bc1c(B)c(B)c(-c2cc(C(=O)NCCNC)c3ccccc3n2)c(B)c1B. The van der Waals surface area contributed by atoms with Crippen LogP contribution in [-0.2, 0) is 0 Å². The van der Waals surface area contributed by atoms with Gasteiger partial charge in [-0.05, 0) is 24.7 Å². The number of likely N-dealkylation sites (N-methyl/N-ethyl adjacent to an activating group) is 1. The molecule has 0 unspecified atom stereocenters. The molecule has 0 atom stereocenters. The standard InChI is InChI=1S/C19H24B5N3O/c1-25-6-7-26-19(28)10-8-12(27-11-5-3-2-4-9(10)11)13-14(20)16(22)18(24)17(23)15(13)21/h2-5,8,25H,6-7,20-24H2,1H3,(H,26,28). The lowest BCUT2D eigenvalue weighted by Crippen LogP contribution is -2.55. The van der Waals surface area contributed by atoms with Crippen molar-refractivity contribution in [3.63, 3.8) is 0 Å². The van der Waals surface area contributed by atoms with Crippen LogP contribution in [0.1, 0.15) is 10.4 Å². The number of rotatable bonds is 5. The van der Waals surface area contributed by atoms with E-state index >= 15 is 0 Å². The first-order valence-electron chi connectivity index (χ1n) is 9.76. The summed E-state index contributed by atoms with van der Waals surface area (Å²) in [5, 5.41) is 6.94. The highest BCUT2D eigenvalue weighted by Gasteiger charge is 2.18. The lowest BCUT2D eigenvalue weighted by Gasteiger charge is -2.20. The molecule has 1 heterocycles. The maximum Gasteiger partial charge on any atom is 0.252 e. The Kier molecular flexibility index (Phi) is 6.04. The van der Waals surface area contributed by atoms with E-state index in [-0.39, 0.29) is 5.91 Å².